The lowest BCUT2D eigenvalue weighted by atomic mass is 10.0. The lowest BCUT2D eigenvalue weighted by Gasteiger charge is -2.20. The van der Waals surface area contributed by atoms with Gasteiger partial charge in [-0.3, -0.25) is 0 Å². The number of hydrogen-bond acceptors (Lipinski definition) is 3. The highest BCUT2D eigenvalue weighted by atomic mass is 35.5. The molecule has 2 heterocycles. The molecule has 0 aliphatic carbocycles. The van der Waals surface area contributed by atoms with Crippen LogP contribution >= 0.6 is 22.9 Å². The van der Waals surface area contributed by atoms with Crippen LogP contribution in [0.4, 0.5) is 5.69 Å². The van der Waals surface area contributed by atoms with Crippen molar-refractivity contribution < 1.29 is 0 Å². The molecule has 0 saturated heterocycles. The van der Waals surface area contributed by atoms with Gasteiger partial charge < -0.3 is 10.6 Å². The van der Waals surface area contributed by atoms with E-state index in [1.54, 1.807) is 0 Å². The van der Waals surface area contributed by atoms with Crippen molar-refractivity contribution in [3.05, 3.63) is 75.6 Å². The highest BCUT2D eigenvalue weighted by Gasteiger charge is 2.18. The van der Waals surface area contributed by atoms with E-state index in [4.69, 9.17) is 11.6 Å². The summed E-state index contributed by atoms with van der Waals surface area (Å²) in [6.45, 7) is 4.26. The normalized spacial score (nSPS) is 15.2. The first-order valence-corrected chi connectivity index (χ1v) is 10.3. The third kappa shape index (κ3) is 3.66. The Morgan fingerprint density at radius 2 is 1.81 bits per heavy atom. The number of hydrogen-bond donors (Lipinski definition) is 2. The number of nitrogens with one attached hydrogen (secondary N) is 2. The van der Waals surface area contributed by atoms with E-state index < -0.39 is 0 Å². The van der Waals surface area contributed by atoms with Gasteiger partial charge in [-0.05, 0) is 67.7 Å². The van der Waals surface area contributed by atoms with Crippen molar-refractivity contribution in [1.29, 1.82) is 0 Å². The highest BCUT2D eigenvalue weighted by Crippen LogP contribution is 2.36. The molecular formula is C22H23ClN2S. The molecule has 1 atom stereocenters. The summed E-state index contributed by atoms with van der Waals surface area (Å²) in [6.07, 6.45) is 2.08. The number of fused-ring (bicyclic) bond motifs is 1. The van der Waals surface area contributed by atoms with Crippen LogP contribution < -0.4 is 10.6 Å². The largest absolute Gasteiger partial charge is 0.376 e. The number of thiophene rings is 1. The lowest BCUT2D eigenvalue weighted by molar-refractivity contribution is 0.711. The lowest BCUT2D eigenvalue weighted by Crippen LogP contribution is -2.16. The fourth-order valence-corrected chi connectivity index (χ4v) is 4.78. The smallest absolute Gasteiger partial charge is 0.0640 e. The van der Waals surface area contributed by atoms with E-state index in [-0.39, 0.29) is 6.04 Å². The summed E-state index contributed by atoms with van der Waals surface area (Å²) in [7, 11) is 0. The van der Waals surface area contributed by atoms with Gasteiger partial charge in [0.05, 0.1) is 16.8 Å². The Hall–Kier alpha value is -1.81. The minimum atomic E-state index is 0.220. The summed E-state index contributed by atoms with van der Waals surface area (Å²) in [5.41, 5.74) is 5.16. The minimum absolute atomic E-state index is 0.220. The molecule has 1 aliphatic heterocycles. The van der Waals surface area contributed by atoms with Gasteiger partial charge in [0.25, 0.3) is 0 Å². The fraction of sp³-hybridized carbons (Fsp3) is 0.273. The summed E-state index contributed by atoms with van der Waals surface area (Å²) < 4.78 is 0. The van der Waals surface area contributed by atoms with Gasteiger partial charge in [0, 0.05) is 9.75 Å². The van der Waals surface area contributed by atoms with Crippen molar-refractivity contribution in [2.45, 2.75) is 25.8 Å². The van der Waals surface area contributed by atoms with Gasteiger partial charge in [0.2, 0.25) is 0 Å². The number of halogens is 1. The Labute approximate surface area is 164 Å². The van der Waals surface area contributed by atoms with Gasteiger partial charge in [-0.25, -0.2) is 0 Å². The molecule has 1 unspecified atom stereocenters. The van der Waals surface area contributed by atoms with Crippen LogP contribution in [0.5, 0.6) is 0 Å². The van der Waals surface area contributed by atoms with Crippen LogP contribution in [0.25, 0.3) is 10.4 Å². The molecule has 26 heavy (non-hydrogen) atoms. The Morgan fingerprint density at radius 1 is 1.00 bits per heavy atom. The average molecular weight is 383 g/mol. The maximum Gasteiger partial charge on any atom is 0.0640 e. The molecule has 0 radical (unpaired) electrons. The van der Waals surface area contributed by atoms with Gasteiger partial charge in [0.15, 0.2) is 0 Å². The second kappa shape index (κ2) is 7.83. The van der Waals surface area contributed by atoms with E-state index in [0.29, 0.717) is 0 Å². The van der Waals surface area contributed by atoms with Crippen molar-refractivity contribution in [3.63, 3.8) is 0 Å². The van der Waals surface area contributed by atoms with E-state index in [2.05, 4.69) is 66.1 Å². The molecule has 1 aromatic heterocycles. The highest BCUT2D eigenvalue weighted by molar-refractivity contribution is 7.15. The molecule has 2 N–H and O–H groups in total. The Morgan fingerprint density at radius 3 is 2.65 bits per heavy atom. The molecule has 3 aromatic rings. The molecule has 1 aliphatic rings. The standard InChI is InChI=1S/C22H23ClN2S/c1-15(20-9-10-21(26-20)17-5-3-2-4-6-17)25-22-18-12-14-24-13-11-16(18)7-8-19(22)23/h2-10,15,24-25H,11-14H2,1H3. The summed E-state index contributed by atoms with van der Waals surface area (Å²) in [6, 6.07) is 19.4. The molecule has 0 spiro atoms. The van der Waals surface area contributed by atoms with Crippen LogP contribution in [0.3, 0.4) is 0 Å². The first-order valence-electron chi connectivity index (χ1n) is 9.15. The zero-order valence-corrected chi connectivity index (χ0v) is 16.5. The quantitative estimate of drug-likeness (QED) is 0.584. The van der Waals surface area contributed by atoms with Crippen molar-refractivity contribution in [2.75, 3.05) is 18.4 Å². The van der Waals surface area contributed by atoms with Crippen molar-refractivity contribution >= 4 is 28.6 Å². The van der Waals surface area contributed by atoms with Crippen LogP contribution in [-0.2, 0) is 12.8 Å². The molecular weight excluding hydrogens is 360 g/mol. The van der Waals surface area contributed by atoms with Crippen molar-refractivity contribution in [1.82, 2.24) is 5.32 Å². The van der Waals surface area contributed by atoms with Crippen molar-refractivity contribution in [2.24, 2.45) is 0 Å². The molecule has 4 rings (SSSR count). The zero-order valence-electron chi connectivity index (χ0n) is 14.9. The topological polar surface area (TPSA) is 24.1 Å². The fourth-order valence-electron chi connectivity index (χ4n) is 3.53. The second-order valence-corrected chi connectivity index (χ2v) is 8.27. The first kappa shape index (κ1) is 17.6. The van der Waals surface area contributed by atoms with E-state index in [1.807, 2.05) is 17.4 Å². The second-order valence-electron chi connectivity index (χ2n) is 6.74. The van der Waals surface area contributed by atoms with E-state index in [0.717, 1.165) is 36.6 Å². The molecule has 134 valence electrons. The van der Waals surface area contributed by atoms with Crippen LogP contribution in [0.2, 0.25) is 5.02 Å². The average Bonchev–Trinajstić information content (AvgIpc) is 3.04. The third-order valence-corrected chi connectivity index (χ3v) is 6.59. The molecule has 0 bridgehead atoms. The molecule has 0 saturated carbocycles. The first-order chi connectivity index (χ1) is 12.7. The van der Waals surface area contributed by atoms with Crippen LogP contribution in [0.1, 0.15) is 29.0 Å². The molecule has 4 heteroatoms. The van der Waals surface area contributed by atoms with E-state index in [1.165, 1.54) is 26.4 Å². The van der Waals surface area contributed by atoms with E-state index in [9.17, 15) is 0 Å². The minimum Gasteiger partial charge on any atom is -0.376 e. The number of anilines is 1. The molecule has 2 nitrogen and oxygen atoms in total. The van der Waals surface area contributed by atoms with Gasteiger partial charge in [0.1, 0.15) is 0 Å². The summed E-state index contributed by atoms with van der Waals surface area (Å²) in [5, 5.41) is 7.99. The van der Waals surface area contributed by atoms with Gasteiger partial charge in [-0.1, -0.05) is 48.0 Å². The Balaban J connectivity index is 1.59. The predicted molar refractivity (Wildman–Crippen MR) is 114 cm³/mol. The maximum absolute atomic E-state index is 6.57. The van der Waals surface area contributed by atoms with Crippen LogP contribution in [0, 0.1) is 0 Å². The van der Waals surface area contributed by atoms with Crippen LogP contribution in [-0.4, -0.2) is 13.1 Å². The van der Waals surface area contributed by atoms with E-state index >= 15 is 0 Å². The number of benzene rings is 2. The van der Waals surface area contributed by atoms with Gasteiger partial charge in [-0.2, -0.15) is 0 Å². The summed E-state index contributed by atoms with van der Waals surface area (Å²) in [4.78, 5) is 2.63. The predicted octanol–water partition coefficient (Wildman–Crippen LogP) is 5.93. The third-order valence-electron chi connectivity index (χ3n) is 4.95. The maximum atomic E-state index is 6.57. The Bertz CT molecular complexity index is 888. The number of rotatable bonds is 4. The zero-order chi connectivity index (χ0) is 17.9. The molecule has 2 aromatic carbocycles. The summed E-state index contributed by atoms with van der Waals surface area (Å²) >= 11 is 8.41. The Kier molecular flexibility index (Phi) is 5.30. The van der Waals surface area contributed by atoms with Crippen LogP contribution in [0.15, 0.2) is 54.6 Å². The van der Waals surface area contributed by atoms with Gasteiger partial charge in [-0.15, -0.1) is 11.3 Å². The summed E-state index contributed by atoms with van der Waals surface area (Å²) in [5.74, 6) is 0. The SMILES string of the molecule is CC(Nc1c(Cl)ccc2c1CCNCC2)c1ccc(-c2ccccc2)s1. The van der Waals surface area contributed by atoms with Crippen molar-refractivity contribution in [3.8, 4) is 10.4 Å². The molecule has 0 amide bonds. The van der Waals surface area contributed by atoms with Gasteiger partial charge >= 0.3 is 0 Å². The monoisotopic (exact) mass is 382 g/mol. The molecule has 0 fully saturated rings.